The monoisotopic (exact) mass is 371 g/mol. The number of aliphatic hydroxyl groups is 2. The van der Waals surface area contributed by atoms with Crippen molar-refractivity contribution in [2.45, 2.75) is 84.7 Å². The number of halogens is 1. The van der Waals surface area contributed by atoms with Gasteiger partial charge in [0.15, 0.2) is 0 Å². The van der Waals surface area contributed by atoms with Crippen molar-refractivity contribution >= 4 is 24.2 Å². The van der Waals surface area contributed by atoms with E-state index in [-0.39, 0.29) is 0 Å². The molecular weight excluding hydrogens is 340 g/mol. The highest BCUT2D eigenvalue weighted by atomic mass is 35.5. The molecule has 1 rings (SSSR count). The normalized spacial score (nSPS) is 13.9. The van der Waals surface area contributed by atoms with Gasteiger partial charge in [0.25, 0.3) is 0 Å². The summed E-state index contributed by atoms with van der Waals surface area (Å²) in [6.07, 6.45) is 1.58. The Hall–Kier alpha value is -0.655. The van der Waals surface area contributed by atoms with Gasteiger partial charge in [-0.25, -0.2) is 4.98 Å². The summed E-state index contributed by atoms with van der Waals surface area (Å²) >= 11 is 6.02. The van der Waals surface area contributed by atoms with E-state index >= 15 is 0 Å². The van der Waals surface area contributed by atoms with Crippen molar-refractivity contribution in [2.24, 2.45) is 0 Å². The van der Waals surface area contributed by atoms with Crippen LogP contribution in [-0.4, -0.2) is 44.7 Å². The molecule has 0 radical (unpaired) electrons. The maximum atomic E-state index is 10.4. The van der Waals surface area contributed by atoms with Crippen LogP contribution in [0.4, 0.5) is 0 Å². The van der Waals surface area contributed by atoms with Crippen LogP contribution in [0.1, 0.15) is 61.0 Å². The molecule has 0 saturated carbocycles. The highest BCUT2D eigenvalue weighted by Gasteiger charge is 2.45. The summed E-state index contributed by atoms with van der Waals surface area (Å²) in [6, 6.07) is 1.83. The molecular formula is C18H31BClNO4. The maximum Gasteiger partial charge on any atom is 0.496 e. The van der Waals surface area contributed by atoms with Crippen LogP contribution in [-0.2, 0) is 9.31 Å². The average molecular weight is 372 g/mol. The summed E-state index contributed by atoms with van der Waals surface area (Å²) in [5.41, 5.74) is -2.60. The quantitative estimate of drug-likeness (QED) is 0.569. The van der Waals surface area contributed by atoms with Gasteiger partial charge in [-0.1, -0.05) is 17.7 Å². The van der Waals surface area contributed by atoms with Crippen molar-refractivity contribution in [3.8, 4) is 0 Å². The maximum absolute atomic E-state index is 10.4. The Labute approximate surface area is 156 Å². The fourth-order valence-electron chi connectivity index (χ4n) is 1.69. The molecule has 0 spiro atoms. The van der Waals surface area contributed by atoms with Gasteiger partial charge in [0, 0.05) is 11.7 Å². The summed E-state index contributed by atoms with van der Waals surface area (Å²) in [6.45, 7) is 15.7. The third kappa shape index (κ3) is 5.41. The first kappa shape index (κ1) is 22.4. The van der Waals surface area contributed by atoms with Crippen molar-refractivity contribution < 1.29 is 19.5 Å². The van der Waals surface area contributed by atoms with Crippen molar-refractivity contribution in [3.63, 3.8) is 0 Å². The Morgan fingerprint density at radius 1 is 0.920 bits per heavy atom. The lowest BCUT2D eigenvalue weighted by Gasteiger charge is -2.43. The molecule has 5 nitrogen and oxygen atoms in total. The Kier molecular flexibility index (Phi) is 6.41. The van der Waals surface area contributed by atoms with Crippen molar-refractivity contribution in [1.29, 1.82) is 0 Å². The predicted octanol–water partition coefficient (Wildman–Crippen LogP) is 2.87. The number of aromatic nitrogens is 1. The topological polar surface area (TPSA) is 71.8 Å². The fraction of sp³-hybridized carbons (Fsp3) is 0.722. The average Bonchev–Trinajstić information content (AvgIpc) is 2.38. The van der Waals surface area contributed by atoms with Gasteiger partial charge >= 0.3 is 7.12 Å². The van der Waals surface area contributed by atoms with Gasteiger partial charge in [-0.05, 0) is 67.9 Å². The number of hydrogen-bond acceptors (Lipinski definition) is 5. The summed E-state index contributed by atoms with van der Waals surface area (Å²) < 4.78 is 12.3. The van der Waals surface area contributed by atoms with E-state index in [9.17, 15) is 10.2 Å². The van der Waals surface area contributed by atoms with E-state index in [0.29, 0.717) is 10.6 Å². The van der Waals surface area contributed by atoms with Crippen LogP contribution in [0, 0.1) is 6.92 Å². The van der Waals surface area contributed by atoms with Gasteiger partial charge in [0.2, 0.25) is 0 Å². The molecule has 0 amide bonds. The lowest BCUT2D eigenvalue weighted by molar-refractivity contribution is -0.132. The second-order valence-corrected chi connectivity index (χ2v) is 8.94. The lowest BCUT2D eigenvalue weighted by Crippen LogP contribution is -2.59. The van der Waals surface area contributed by atoms with Gasteiger partial charge in [-0.3, -0.25) is 0 Å². The molecule has 1 heterocycles. The van der Waals surface area contributed by atoms with Crippen LogP contribution in [0.5, 0.6) is 0 Å². The molecule has 0 bridgehead atoms. The molecule has 0 unspecified atom stereocenters. The Bertz CT molecular complexity index is 578. The first-order valence-electron chi connectivity index (χ1n) is 8.40. The summed E-state index contributed by atoms with van der Waals surface area (Å²) in [4.78, 5) is 4.16. The first-order valence-corrected chi connectivity index (χ1v) is 8.78. The lowest BCUT2D eigenvalue weighted by atomic mass is 9.74. The molecule has 1 aromatic heterocycles. The van der Waals surface area contributed by atoms with Gasteiger partial charge in [-0.2, -0.15) is 0 Å². The van der Waals surface area contributed by atoms with Crippen LogP contribution in [0.25, 0.3) is 0 Å². The molecule has 0 aliphatic heterocycles. The van der Waals surface area contributed by atoms with Gasteiger partial charge in [0.05, 0.1) is 22.4 Å². The van der Waals surface area contributed by atoms with E-state index in [0.717, 1.165) is 5.56 Å². The summed E-state index contributed by atoms with van der Waals surface area (Å²) in [7, 11) is -0.841. The number of nitrogens with zero attached hydrogens (tertiary/aromatic N) is 1. The third-order valence-electron chi connectivity index (χ3n) is 5.06. The Morgan fingerprint density at radius 3 is 1.64 bits per heavy atom. The van der Waals surface area contributed by atoms with Crippen molar-refractivity contribution in [2.75, 3.05) is 0 Å². The van der Waals surface area contributed by atoms with Crippen molar-refractivity contribution in [1.82, 2.24) is 4.98 Å². The minimum absolute atomic E-state index is 0.408. The molecule has 7 heteroatoms. The zero-order valence-corrected chi connectivity index (χ0v) is 17.5. The van der Waals surface area contributed by atoms with Crippen LogP contribution < -0.4 is 5.46 Å². The minimum atomic E-state index is -1.11. The minimum Gasteiger partial charge on any atom is -0.399 e. The van der Waals surface area contributed by atoms with E-state index in [2.05, 4.69) is 4.98 Å². The van der Waals surface area contributed by atoms with E-state index in [1.165, 1.54) is 0 Å². The molecule has 0 fully saturated rings. The first-order chi connectivity index (χ1) is 11.0. The van der Waals surface area contributed by atoms with Crippen molar-refractivity contribution in [3.05, 3.63) is 23.0 Å². The second kappa shape index (κ2) is 7.16. The second-order valence-electron chi connectivity index (χ2n) is 8.58. The third-order valence-corrected chi connectivity index (χ3v) is 5.45. The van der Waals surface area contributed by atoms with E-state index in [1.807, 2.05) is 13.0 Å². The molecule has 0 atom stereocenters. The van der Waals surface area contributed by atoms with Crippen LogP contribution >= 0.6 is 11.6 Å². The smallest absolute Gasteiger partial charge is 0.399 e. The zero-order chi connectivity index (χ0) is 19.8. The van der Waals surface area contributed by atoms with E-state index in [4.69, 9.17) is 20.9 Å². The fourth-order valence-corrected chi connectivity index (χ4v) is 1.80. The Morgan fingerprint density at radius 2 is 1.32 bits per heavy atom. The van der Waals surface area contributed by atoms with Gasteiger partial charge in [0.1, 0.15) is 5.15 Å². The number of aryl methyl sites for hydroxylation is 1. The summed E-state index contributed by atoms with van der Waals surface area (Å²) in [5, 5.41) is 21.3. The SMILES string of the molecule is Cc1cc(B(OC(C)(C)C(C)(C)O)OC(C)(C)C(C)(C)O)cnc1Cl. The largest absolute Gasteiger partial charge is 0.496 e. The van der Waals surface area contributed by atoms with Gasteiger partial charge in [-0.15, -0.1) is 0 Å². The molecule has 0 aliphatic carbocycles. The highest BCUT2D eigenvalue weighted by molar-refractivity contribution is 6.61. The van der Waals surface area contributed by atoms with E-state index in [1.54, 1.807) is 61.6 Å². The number of rotatable bonds is 7. The standard InChI is InChI=1S/C18H31BClNO4/c1-12-10-13(11-21-14(12)20)19(24-17(6,7)15(2,3)22)25-18(8,9)16(4,5)23/h10-11,22-23H,1-9H3. The predicted molar refractivity (Wildman–Crippen MR) is 102 cm³/mol. The molecule has 0 aromatic carbocycles. The van der Waals surface area contributed by atoms with Crippen LogP contribution in [0.3, 0.4) is 0 Å². The van der Waals surface area contributed by atoms with Crippen LogP contribution in [0.15, 0.2) is 12.3 Å². The molecule has 2 N–H and O–H groups in total. The molecule has 0 aliphatic rings. The zero-order valence-electron chi connectivity index (χ0n) is 16.8. The Balaban J connectivity index is 3.30. The van der Waals surface area contributed by atoms with Crippen LogP contribution in [0.2, 0.25) is 5.15 Å². The molecule has 1 aromatic rings. The number of pyridine rings is 1. The highest BCUT2D eigenvalue weighted by Crippen LogP contribution is 2.30. The molecule has 0 saturated heterocycles. The number of hydrogen-bond donors (Lipinski definition) is 2. The van der Waals surface area contributed by atoms with Gasteiger partial charge < -0.3 is 19.5 Å². The summed E-state index contributed by atoms with van der Waals surface area (Å²) in [5.74, 6) is 0. The van der Waals surface area contributed by atoms with E-state index < -0.39 is 29.5 Å². The molecule has 25 heavy (non-hydrogen) atoms. The molecule has 142 valence electrons.